The molecular formula is C16H20ClN3. The highest BCUT2D eigenvalue weighted by Gasteiger charge is 2.10. The van der Waals surface area contributed by atoms with E-state index in [2.05, 4.69) is 23.0 Å². The lowest BCUT2D eigenvalue weighted by Gasteiger charge is -2.23. The third-order valence-electron chi connectivity index (χ3n) is 3.17. The Morgan fingerprint density at radius 3 is 2.60 bits per heavy atom. The predicted molar refractivity (Wildman–Crippen MR) is 85.1 cm³/mol. The lowest BCUT2D eigenvalue weighted by atomic mass is 10.0. The Bertz CT molecular complexity index is 555. The van der Waals surface area contributed by atoms with Crippen LogP contribution >= 0.6 is 11.6 Å². The molecule has 0 saturated heterocycles. The summed E-state index contributed by atoms with van der Waals surface area (Å²) in [6, 6.07) is 10.1. The van der Waals surface area contributed by atoms with Crippen LogP contribution in [0.4, 0.5) is 5.69 Å². The summed E-state index contributed by atoms with van der Waals surface area (Å²) < 4.78 is 0. The minimum atomic E-state index is 0.129. The molecule has 0 aliphatic heterocycles. The van der Waals surface area contributed by atoms with Crippen molar-refractivity contribution in [1.82, 2.24) is 4.98 Å². The number of nitrogens with two attached hydrogens (primary N) is 1. The van der Waals surface area contributed by atoms with Crippen molar-refractivity contribution in [3.8, 4) is 0 Å². The summed E-state index contributed by atoms with van der Waals surface area (Å²) in [6.45, 7) is 2.83. The summed E-state index contributed by atoms with van der Waals surface area (Å²) in [5, 5.41) is 0.745. The van der Waals surface area contributed by atoms with Crippen molar-refractivity contribution in [3.05, 3.63) is 58.9 Å². The average molecular weight is 290 g/mol. The van der Waals surface area contributed by atoms with Gasteiger partial charge in [-0.25, -0.2) is 0 Å². The van der Waals surface area contributed by atoms with E-state index in [1.54, 1.807) is 0 Å². The fourth-order valence-electron chi connectivity index (χ4n) is 2.26. The molecule has 20 heavy (non-hydrogen) atoms. The molecule has 2 rings (SSSR count). The van der Waals surface area contributed by atoms with Gasteiger partial charge in [-0.2, -0.15) is 0 Å². The zero-order valence-corrected chi connectivity index (χ0v) is 12.6. The maximum atomic E-state index is 6.13. The van der Waals surface area contributed by atoms with Crippen molar-refractivity contribution >= 4 is 17.3 Å². The summed E-state index contributed by atoms with van der Waals surface area (Å²) in [5.41, 5.74) is 9.50. The third kappa shape index (κ3) is 3.95. The fourth-order valence-corrected chi connectivity index (χ4v) is 2.43. The molecule has 2 aromatic rings. The number of anilines is 1. The Labute approximate surface area is 125 Å². The topological polar surface area (TPSA) is 42.1 Å². The largest absolute Gasteiger partial charge is 0.370 e. The number of aromatic nitrogens is 1. The van der Waals surface area contributed by atoms with Gasteiger partial charge in [0, 0.05) is 42.7 Å². The van der Waals surface area contributed by atoms with Crippen molar-refractivity contribution < 1.29 is 0 Å². The standard InChI is InChI=1S/C16H20ClN3/c1-12(18)9-14-3-4-15(17)10-16(14)20(2)11-13-5-7-19-8-6-13/h3-8,10,12H,9,11,18H2,1-2H3. The Balaban J connectivity index is 2.23. The van der Waals surface area contributed by atoms with Crippen LogP contribution in [-0.4, -0.2) is 18.1 Å². The first-order valence-electron chi connectivity index (χ1n) is 6.70. The second-order valence-electron chi connectivity index (χ2n) is 5.17. The lowest BCUT2D eigenvalue weighted by Crippen LogP contribution is -2.22. The van der Waals surface area contributed by atoms with Crippen LogP contribution in [-0.2, 0) is 13.0 Å². The Hall–Kier alpha value is -1.58. The van der Waals surface area contributed by atoms with E-state index in [4.69, 9.17) is 17.3 Å². The molecule has 0 amide bonds. The number of rotatable bonds is 5. The number of hydrogen-bond donors (Lipinski definition) is 1. The van der Waals surface area contributed by atoms with E-state index in [0.717, 1.165) is 23.7 Å². The van der Waals surface area contributed by atoms with E-state index in [-0.39, 0.29) is 6.04 Å². The van der Waals surface area contributed by atoms with E-state index >= 15 is 0 Å². The molecule has 0 fully saturated rings. The molecule has 0 saturated carbocycles. The van der Waals surface area contributed by atoms with Crippen molar-refractivity contribution in [1.29, 1.82) is 0 Å². The molecule has 0 bridgehead atoms. The summed E-state index contributed by atoms with van der Waals surface area (Å²) in [4.78, 5) is 6.23. The first-order chi connectivity index (χ1) is 9.56. The number of benzene rings is 1. The van der Waals surface area contributed by atoms with Gasteiger partial charge in [-0.05, 0) is 48.7 Å². The first kappa shape index (κ1) is 14.8. The average Bonchev–Trinajstić information content (AvgIpc) is 2.41. The van der Waals surface area contributed by atoms with Crippen LogP contribution in [0, 0.1) is 0 Å². The van der Waals surface area contributed by atoms with Gasteiger partial charge in [-0.15, -0.1) is 0 Å². The van der Waals surface area contributed by atoms with E-state index in [9.17, 15) is 0 Å². The van der Waals surface area contributed by atoms with Gasteiger partial charge in [0.05, 0.1) is 0 Å². The highest BCUT2D eigenvalue weighted by atomic mass is 35.5. The van der Waals surface area contributed by atoms with Crippen LogP contribution in [0.15, 0.2) is 42.7 Å². The zero-order chi connectivity index (χ0) is 14.5. The SMILES string of the molecule is CC(N)Cc1ccc(Cl)cc1N(C)Cc1ccncc1. The molecule has 2 N–H and O–H groups in total. The summed E-state index contributed by atoms with van der Waals surface area (Å²) in [6.07, 6.45) is 4.46. The van der Waals surface area contributed by atoms with Crippen LogP contribution < -0.4 is 10.6 Å². The number of nitrogens with zero attached hydrogens (tertiary/aromatic N) is 2. The quantitative estimate of drug-likeness (QED) is 0.919. The second-order valence-corrected chi connectivity index (χ2v) is 5.60. The summed E-state index contributed by atoms with van der Waals surface area (Å²) >= 11 is 6.13. The maximum absolute atomic E-state index is 6.13. The highest BCUT2D eigenvalue weighted by Crippen LogP contribution is 2.26. The number of hydrogen-bond acceptors (Lipinski definition) is 3. The van der Waals surface area contributed by atoms with Crippen molar-refractivity contribution in [2.24, 2.45) is 5.73 Å². The lowest BCUT2D eigenvalue weighted by molar-refractivity contribution is 0.734. The molecule has 4 heteroatoms. The molecule has 0 spiro atoms. The molecule has 106 valence electrons. The Kier molecular flexibility index (Phi) is 4.99. The van der Waals surface area contributed by atoms with E-state index in [1.807, 2.05) is 43.6 Å². The van der Waals surface area contributed by atoms with E-state index in [0.29, 0.717) is 0 Å². The molecule has 0 aliphatic carbocycles. The maximum Gasteiger partial charge on any atom is 0.0427 e. The second kappa shape index (κ2) is 6.73. The van der Waals surface area contributed by atoms with Crippen LogP contribution in [0.5, 0.6) is 0 Å². The number of pyridine rings is 1. The van der Waals surface area contributed by atoms with E-state index < -0.39 is 0 Å². The van der Waals surface area contributed by atoms with Crippen LogP contribution in [0.3, 0.4) is 0 Å². The highest BCUT2D eigenvalue weighted by molar-refractivity contribution is 6.30. The monoisotopic (exact) mass is 289 g/mol. The van der Waals surface area contributed by atoms with Gasteiger partial charge in [0.25, 0.3) is 0 Å². The van der Waals surface area contributed by atoms with Gasteiger partial charge in [0.15, 0.2) is 0 Å². The van der Waals surface area contributed by atoms with Gasteiger partial charge < -0.3 is 10.6 Å². The normalized spacial score (nSPS) is 12.2. The molecule has 1 aromatic carbocycles. The Morgan fingerprint density at radius 2 is 1.95 bits per heavy atom. The number of halogens is 1. The molecule has 1 unspecified atom stereocenters. The summed E-state index contributed by atoms with van der Waals surface area (Å²) in [7, 11) is 2.07. The van der Waals surface area contributed by atoms with Gasteiger partial charge >= 0.3 is 0 Å². The fraction of sp³-hybridized carbons (Fsp3) is 0.312. The van der Waals surface area contributed by atoms with Gasteiger partial charge in [-0.1, -0.05) is 17.7 Å². The molecule has 1 heterocycles. The minimum Gasteiger partial charge on any atom is -0.370 e. The van der Waals surface area contributed by atoms with Crippen molar-refractivity contribution in [2.75, 3.05) is 11.9 Å². The molecular weight excluding hydrogens is 270 g/mol. The smallest absolute Gasteiger partial charge is 0.0427 e. The molecule has 0 radical (unpaired) electrons. The predicted octanol–water partition coefficient (Wildman–Crippen LogP) is 3.26. The summed E-state index contributed by atoms with van der Waals surface area (Å²) in [5.74, 6) is 0. The van der Waals surface area contributed by atoms with E-state index in [1.165, 1.54) is 11.1 Å². The molecule has 1 aromatic heterocycles. The van der Waals surface area contributed by atoms with Gasteiger partial charge in [0.1, 0.15) is 0 Å². The molecule has 3 nitrogen and oxygen atoms in total. The third-order valence-corrected chi connectivity index (χ3v) is 3.40. The van der Waals surface area contributed by atoms with Crippen molar-refractivity contribution in [2.45, 2.75) is 25.9 Å². The minimum absolute atomic E-state index is 0.129. The molecule has 1 atom stereocenters. The zero-order valence-electron chi connectivity index (χ0n) is 11.9. The molecule has 0 aliphatic rings. The Morgan fingerprint density at radius 1 is 1.25 bits per heavy atom. The van der Waals surface area contributed by atoms with Gasteiger partial charge in [0.2, 0.25) is 0 Å². The van der Waals surface area contributed by atoms with Crippen molar-refractivity contribution in [3.63, 3.8) is 0 Å². The van der Waals surface area contributed by atoms with Gasteiger partial charge in [-0.3, -0.25) is 4.98 Å². The van der Waals surface area contributed by atoms with Crippen LogP contribution in [0.2, 0.25) is 5.02 Å². The first-order valence-corrected chi connectivity index (χ1v) is 7.08. The van der Waals surface area contributed by atoms with Crippen LogP contribution in [0.25, 0.3) is 0 Å². The van der Waals surface area contributed by atoms with Crippen LogP contribution in [0.1, 0.15) is 18.1 Å².